The molecule has 0 radical (unpaired) electrons. The molecule has 2 heterocycles. The minimum Gasteiger partial charge on any atom is -0.438 e. The van der Waals surface area contributed by atoms with E-state index in [0.29, 0.717) is 5.88 Å². The lowest BCUT2D eigenvalue weighted by atomic mass is 10.2. The highest BCUT2D eigenvalue weighted by Crippen LogP contribution is 2.23. The summed E-state index contributed by atoms with van der Waals surface area (Å²) in [6.45, 7) is 0. The van der Waals surface area contributed by atoms with Crippen molar-refractivity contribution in [2.75, 3.05) is 0 Å². The zero-order valence-electron chi connectivity index (χ0n) is 10.5. The fraction of sp³-hybridized carbons (Fsp3) is 0. The van der Waals surface area contributed by atoms with E-state index in [1.165, 1.54) is 0 Å². The van der Waals surface area contributed by atoms with E-state index in [1.807, 2.05) is 60.8 Å². The molecule has 4 rings (SSSR count). The third-order valence-corrected chi connectivity index (χ3v) is 3.65. The third kappa shape index (κ3) is 1.66. The van der Waals surface area contributed by atoms with Crippen molar-refractivity contribution in [2.24, 2.45) is 0 Å². The maximum atomic E-state index is 5.93. The van der Waals surface area contributed by atoms with Crippen molar-refractivity contribution in [3.63, 3.8) is 0 Å². The molecule has 0 aliphatic carbocycles. The maximum Gasteiger partial charge on any atom is 0.222 e. The average molecular weight is 278 g/mol. The van der Waals surface area contributed by atoms with E-state index in [1.54, 1.807) is 4.68 Å². The van der Waals surface area contributed by atoms with Crippen LogP contribution in [0.3, 0.4) is 0 Å². The fourth-order valence-electron chi connectivity index (χ4n) is 2.34. The molecule has 0 atom stereocenters. The molecule has 4 heteroatoms. The Labute approximate surface area is 120 Å². The van der Waals surface area contributed by atoms with Gasteiger partial charge in [0.25, 0.3) is 0 Å². The average Bonchev–Trinajstić information content (AvgIpc) is 2.91. The van der Waals surface area contributed by atoms with Gasteiger partial charge in [-0.2, -0.15) is 5.10 Å². The van der Waals surface area contributed by atoms with Gasteiger partial charge in [0.2, 0.25) is 5.88 Å². The van der Waals surface area contributed by atoms with Crippen molar-refractivity contribution in [3.8, 4) is 5.88 Å². The molecule has 0 amide bonds. The SMILES string of the molecule is S=c1cc(-n2ncc3ccccc32)oc2ccccc12. The Morgan fingerprint density at radius 2 is 1.80 bits per heavy atom. The Morgan fingerprint density at radius 1 is 1.00 bits per heavy atom. The molecule has 2 aromatic carbocycles. The monoisotopic (exact) mass is 278 g/mol. The van der Waals surface area contributed by atoms with Crippen LogP contribution in [-0.2, 0) is 0 Å². The molecule has 0 spiro atoms. The van der Waals surface area contributed by atoms with Gasteiger partial charge in [0.05, 0.1) is 16.2 Å². The summed E-state index contributed by atoms with van der Waals surface area (Å²) in [5.74, 6) is 0.634. The van der Waals surface area contributed by atoms with Gasteiger partial charge in [-0.25, -0.2) is 4.68 Å². The van der Waals surface area contributed by atoms with Gasteiger partial charge in [0.15, 0.2) is 0 Å². The molecule has 0 unspecified atom stereocenters. The predicted octanol–water partition coefficient (Wildman–Crippen LogP) is 4.50. The molecule has 0 bridgehead atoms. The van der Waals surface area contributed by atoms with Crippen molar-refractivity contribution in [1.82, 2.24) is 9.78 Å². The van der Waals surface area contributed by atoms with Crippen LogP contribution in [0.15, 0.2) is 65.2 Å². The van der Waals surface area contributed by atoms with Crippen molar-refractivity contribution in [3.05, 3.63) is 65.3 Å². The van der Waals surface area contributed by atoms with Gasteiger partial charge < -0.3 is 4.42 Å². The first kappa shape index (κ1) is 11.4. The van der Waals surface area contributed by atoms with E-state index < -0.39 is 0 Å². The first-order valence-electron chi connectivity index (χ1n) is 6.29. The van der Waals surface area contributed by atoms with Crippen LogP contribution in [0.25, 0.3) is 27.8 Å². The lowest BCUT2D eigenvalue weighted by Gasteiger charge is -2.04. The molecule has 3 nitrogen and oxygen atoms in total. The number of nitrogens with zero attached hydrogens (tertiary/aromatic N) is 2. The van der Waals surface area contributed by atoms with Gasteiger partial charge in [-0.3, -0.25) is 0 Å². The molecule has 20 heavy (non-hydrogen) atoms. The van der Waals surface area contributed by atoms with Crippen molar-refractivity contribution < 1.29 is 4.42 Å². The largest absolute Gasteiger partial charge is 0.438 e. The van der Waals surface area contributed by atoms with Crippen molar-refractivity contribution >= 4 is 34.1 Å². The quantitative estimate of drug-likeness (QED) is 0.480. The van der Waals surface area contributed by atoms with Crippen LogP contribution >= 0.6 is 12.2 Å². The molecule has 0 saturated carbocycles. The second-order valence-electron chi connectivity index (χ2n) is 4.56. The Balaban J connectivity index is 2.05. The molecule has 2 aromatic heterocycles. The first-order valence-corrected chi connectivity index (χ1v) is 6.70. The van der Waals surface area contributed by atoms with Crippen LogP contribution in [0.2, 0.25) is 0 Å². The smallest absolute Gasteiger partial charge is 0.222 e. The predicted molar refractivity (Wildman–Crippen MR) is 81.7 cm³/mol. The second-order valence-corrected chi connectivity index (χ2v) is 5.00. The molecule has 0 aliphatic heterocycles. The summed E-state index contributed by atoms with van der Waals surface area (Å²) < 4.78 is 8.47. The summed E-state index contributed by atoms with van der Waals surface area (Å²) in [7, 11) is 0. The van der Waals surface area contributed by atoms with E-state index in [-0.39, 0.29) is 0 Å². The highest BCUT2D eigenvalue weighted by atomic mass is 32.1. The van der Waals surface area contributed by atoms with E-state index >= 15 is 0 Å². The Morgan fingerprint density at radius 3 is 2.75 bits per heavy atom. The van der Waals surface area contributed by atoms with Gasteiger partial charge in [-0.15, -0.1) is 0 Å². The van der Waals surface area contributed by atoms with Crippen LogP contribution in [0, 0.1) is 4.51 Å². The Bertz CT molecular complexity index is 984. The summed E-state index contributed by atoms with van der Waals surface area (Å²) in [6.07, 6.45) is 1.82. The highest BCUT2D eigenvalue weighted by molar-refractivity contribution is 7.71. The molecule has 0 aliphatic rings. The van der Waals surface area contributed by atoms with Crippen LogP contribution in [0.5, 0.6) is 0 Å². The van der Waals surface area contributed by atoms with E-state index in [2.05, 4.69) is 5.10 Å². The zero-order chi connectivity index (χ0) is 13.5. The first-order chi connectivity index (χ1) is 9.83. The molecular weight excluding hydrogens is 268 g/mol. The Hall–Kier alpha value is -2.46. The minimum absolute atomic E-state index is 0.634. The number of hydrogen-bond acceptors (Lipinski definition) is 3. The normalized spacial score (nSPS) is 11.2. The Kier molecular flexibility index (Phi) is 2.44. The summed E-state index contributed by atoms with van der Waals surface area (Å²) in [5.41, 5.74) is 1.77. The lowest BCUT2D eigenvalue weighted by Crippen LogP contribution is -1.96. The van der Waals surface area contributed by atoms with Gasteiger partial charge in [0.1, 0.15) is 5.58 Å². The van der Waals surface area contributed by atoms with Crippen LogP contribution in [-0.4, -0.2) is 9.78 Å². The topological polar surface area (TPSA) is 31.0 Å². The van der Waals surface area contributed by atoms with Gasteiger partial charge in [0, 0.05) is 16.8 Å². The van der Waals surface area contributed by atoms with Crippen molar-refractivity contribution in [1.29, 1.82) is 0 Å². The standard InChI is InChI=1S/C16H10N2OS/c20-15-9-16(19-14-8-4-2-6-12(14)15)18-13-7-3-1-5-11(13)10-17-18/h1-10H. The van der Waals surface area contributed by atoms with Gasteiger partial charge in [-0.1, -0.05) is 42.5 Å². The van der Waals surface area contributed by atoms with E-state index in [0.717, 1.165) is 26.4 Å². The van der Waals surface area contributed by atoms with E-state index in [9.17, 15) is 0 Å². The third-order valence-electron chi connectivity index (χ3n) is 3.31. The number of benzene rings is 2. The summed E-state index contributed by atoms with van der Waals surface area (Å²) in [4.78, 5) is 0. The lowest BCUT2D eigenvalue weighted by molar-refractivity contribution is 0.554. The number of para-hydroxylation sites is 2. The number of fused-ring (bicyclic) bond motifs is 2. The van der Waals surface area contributed by atoms with E-state index in [4.69, 9.17) is 16.6 Å². The van der Waals surface area contributed by atoms with Crippen LogP contribution in [0.1, 0.15) is 0 Å². The second kappa shape index (κ2) is 4.28. The number of rotatable bonds is 1. The number of hydrogen-bond donors (Lipinski definition) is 0. The fourth-order valence-corrected chi connectivity index (χ4v) is 2.61. The van der Waals surface area contributed by atoms with Gasteiger partial charge >= 0.3 is 0 Å². The molecule has 0 fully saturated rings. The van der Waals surface area contributed by atoms with Crippen LogP contribution < -0.4 is 0 Å². The molecule has 0 N–H and O–H groups in total. The maximum absolute atomic E-state index is 5.93. The summed E-state index contributed by atoms with van der Waals surface area (Å²) in [6, 6.07) is 17.6. The molecule has 0 saturated heterocycles. The minimum atomic E-state index is 0.634. The van der Waals surface area contributed by atoms with Crippen molar-refractivity contribution in [2.45, 2.75) is 0 Å². The molecule has 4 aromatic rings. The highest BCUT2D eigenvalue weighted by Gasteiger charge is 2.08. The van der Waals surface area contributed by atoms with Crippen LogP contribution in [0.4, 0.5) is 0 Å². The van der Waals surface area contributed by atoms with Gasteiger partial charge in [-0.05, 0) is 18.2 Å². The summed E-state index contributed by atoms with van der Waals surface area (Å²) >= 11 is 5.44. The molecule has 96 valence electrons. The number of aromatic nitrogens is 2. The molecular formula is C16H10N2OS. The summed E-state index contributed by atoms with van der Waals surface area (Å²) in [5, 5.41) is 6.41. The zero-order valence-corrected chi connectivity index (χ0v) is 11.3.